The lowest BCUT2D eigenvalue weighted by Crippen LogP contribution is -2.45. The first kappa shape index (κ1) is 36.5. The molecule has 0 aromatic heterocycles. The molecule has 0 atom stereocenters. The maximum absolute atomic E-state index is 3.93. The third kappa shape index (κ3) is 6.02. The Balaban J connectivity index is 1.14. The van der Waals surface area contributed by atoms with Crippen LogP contribution in [-0.2, 0) is 17.3 Å². The summed E-state index contributed by atoms with van der Waals surface area (Å²) in [5.41, 5.74) is 23.8. The van der Waals surface area contributed by atoms with Crippen LogP contribution in [0.25, 0.3) is 44.5 Å². The number of fused-ring (bicyclic) bond motifs is 5. The standard InChI is InChI=1S/C57H48BN2/c1-56(2)31-15-22-42-34-52-49(36-48(42)56)57(3,4)47-23-14-24-50-55(47)60(52)53-35-43(39-20-12-7-13-21-39)32-46(54(53)58-50)45-30-27-41(38-18-10-6-11-19-38)33-51(45)59-44-28-25-40(26-29-44)37-16-8-5-9-17-37/h5-14,16-21,23-30,32-36,59H,15,22,31H2,1-4H3. The zero-order valence-corrected chi connectivity index (χ0v) is 34.9. The van der Waals surface area contributed by atoms with Crippen molar-refractivity contribution in [1.29, 1.82) is 0 Å². The van der Waals surface area contributed by atoms with Gasteiger partial charge in [-0.2, -0.15) is 0 Å². The number of aryl methyl sites for hydroxylation is 1. The molecule has 2 aliphatic heterocycles. The summed E-state index contributed by atoms with van der Waals surface area (Å²) in [5, 5.41) is 3.93. The molecule has 60 heavy (non-hydrogen) atoms. The second-order valence-electron chi connectivity index (χ2n) is 18.1. The summed E-state index contributed by atoms with van der Waals surface area (Å²) in [4.78, 5) is 2.63. The van der Waals surface area contributed by atoms with Crippen LogP contribution in [0.5, 0.6) is 0 Å². The number of anilines is 5. The summed E-state index contributed by atoms with van der Waals surface area (Å²) in [7, 11) is 2.46. The van der Waals surface area contributed by atoms with Crippen LogP contribution in [-0.4, -0.2) is 7.28 Å². The molecule has 8 aromatic carbocycles. The van der Waals surface area contributed by atoms with Crippen LogP contribution >= 0.6 is 0 Å². The minimum atomic E-state index is -0.161. The summed E-state index contributed by atoms with van der Waals surface area (Å²) in [6, 6.07) is 65.0. The highest BCUT2D eigenvalue weighted by Crippen LogP contribution is 2.55. The van der Waals surface area contributed by atoms with Gasteiger partial charge in [0.25, 0.3) is 0 Å². The van der Waals surface area contributed by atoms with E-state index in [4.69, 9.17) is 0 Å². The van der Waals surface area contributed by atoms with Crippen molar-refractivity contribution in [3.8, 4) is 44.5 Å². The smallest absolute Gasteiger partial charge is 0.197 e. The Bertz CT molecular complexity index is 2930. The molecule has 8 aromatic rings. The Kier molecular flexibility index (Phi) is 8.53. The van der Waals surface area contributed by atoms with Gasteiger partial charge in [0, 0.05) is 33.7 Å². The second-order valence-corrected chi connectivity index (χ2v) is 18.1. The number of rotatable bonds is 6. The minimum absolute atomic E-state index is 0.152. The van der Waals surface area contributed by atoms with Crippen molar-refractivity contribution in [2.24, 2.45) is 0 Å². The molecule has 11 rings (SSSR count). The molecule has 0 spiro atoms. The van der Waals surface area contributed by atoms with Crippen LogP contribution in [0.3, 0.4) is 0 Å². The molecule has 3 heteroatoms. The van der Waals surface area contributed by atoms with Crippen molar-refractivity contribution < 1.29 is 0 Å². The van der Waals surface area contributed by atoms with Gasteiger partial charge in [-0.15, -0.1) is 0 Å². The fourth-order valence-corrected chi connectivity index (χ4v) is 10.3. The Morgan fingerprint density at radius 2 is 1.13 bits per heavy atom. The van der Waals surface area contributed by atoms with Crippen molar-refractivity contribution in [1.82, 2.24) is 0 Å². The maximum atomic E-state index is 3.93. The highest BCUT2D eigenvalue weighted by molar-refractivity contribution is 6.73. The highest BCUT2D eigenvalue weighted by atomic mass is 15.2. The first-order valence-corrected chi connectivity index (χ1v) is 21.6. The quantitative estimate of drug-likeness (QED) is 0.169. The van der Waals surface area contributed by atoms with Gasteiger partial charge < -0.3 is 10.2 Å². The van der Waals surface area contributed by atoms with Gasteiger partial charge in [0.05, 0.1) is 5.69 Å². The van der Waals surface area contributed by atoms with E-state index < -0.39 is 0 Å². The first-order chi connectivity index (χ1) is 29.2. The lowest BCUT2D eigenvalue weighted by atomic mass is 9.55. The van der Waals surface area contributed by atoms with Crippen molar-refractivity contribution in [3.05, 3.63) is 198 Å². The summed E-state index contributed by atoms with van der Waals surface area (Å²) < 4.78 is 0. The average Bonchev–Trinajstić information content (AvgIpc) is 3.28. The van der Waals surface area contributed by atoms with Crippen molar-refractivity contribution in [3.63, 3.8) is 0 Å². The van der Waals surface area contributed by atoms with Gasteiger partial charge in [0.1, 0.15) is 0 Å². The summed E-state index contributed by atoms with van der Waals surface area (Å²) >= 11 is 0. The fourth-order valence-electron chi connectivity index (χ4n) is 10.3. The van der Waals surface area contributed by atoms with Gasteiger partial charge in [-0.05, 0) is 128 Å². The van der Waals surface area contributed by atoms with Gasteiger partial charge in [0.2, 0.25) is 0 Å². The monoisotopic (exact) mass is 771 g/mol. The van der Waals surface area contributed by atoms with E-state index in [0.717, 1.165) is 23.4 Å². The molecule has 1 radical (unpaired) electrons. The van der Waals surface area contributed by atoms with E-state index in [1.54, 1.807) is 0 Å². The van der Waals surface area contributed by atoms with E-state index in [1.165, 1.54) is 102 Å². The van der Waals surface area contributed by atoms with Crippen molar-refractivity contribution in [2.75, 3.05) is 10.2 Å². The predicted molar refractivity (Wildman–Crippen MR) is 256 cm³/mol. The van der Waals surface area contributed by atoms with Gasteiger partial charge in [-0.3, -0.25) is 0 Å². The van der Waals surface area contributed by atoms with Crippen molar-refractivity contribution >= 4 is 46.6 Å². The molecule has 0 amide bonds. The van der Waals surface area contributed by atoms with E-state index in [1.807, 2.05) is 0 Å². The third-order valence-corrected chi connectivity index (χ3v) is 13.6. The van der Waals surface area contributed by atoms with Crippen molar-refractivity contribution in [2.45, 2.75) is 57.8 Å². The van der Waals surface area contributed by atoms with Crippen LogP contribution in [0.4, 0.5) is 28.4 Å². The zero-order chi connectivity index (χ0) is 40.6. The molecule has 1 aliphatic carbocycles. The highest BCUT2D eigenvalue weighted by Gasteiger charge is 2.43. The number of benzene rings is 8. The summed E-state index contributed by atoms with van der Waals surface area (Å²) in [6.45, 7) is 9.74. The largest absolute Gasteiger partial charge is 0.355 e. The van der Waals surface area contributed by atoms with E-state index in [9.17, 15) is 0 Å². The van der Waals surface area contributed by atoms with E-state index in [2.05, 4.69) is 221 Å². The molecular formula is C57H48BN2. The lowest BCUT2D eigenvalue weighted by Gasteiger charge is -2.47. The number of nitrogens with zero attached hydrogens (tertiary/aromatic N) is 1. The molecule has 0 unspecified atom stereocenters. The summed E-state index contributed by atoms with van der Waals surface area (Å²) in [6.07, 6.45) is 3.57. The molecule has 289 valence electrons. The number of hydrogen-bond acceptors (Lipinski definition) is 2. The minimum Gasteiger partial charge on any atom is -0.355 e. The van der Waals surface area contributed by atoms with E-state index in [0.29, 0.717) is 0 Å². The third-order valence-electron chi connectivity index (χ3n) is 13.6. The summed E-state index contributed by atoms with van der Waals surface area (Å²) in [5.74, 6) is 0. The van der Waals surface area contributed by atoms with Crippen LogP contribution in [0, 0.1) is 0 Å². The molecule has 0 fully saturated rings. The number of nitrogens with one attached hydrogen (secondary N) is 1. The molecule has 2 heterocycles. The van der Waals surface area contributed by atoms with E-state index in [-0.39, 0.29) is 10.8 Å². The molecular weight excluding hydrogens is 723 g/mol. The van der Waals surface area contributed by atoms with Gasteiger partial charge in [-0.1, -0.05) is 173 Å². The molecule has 0 bridgehead atoms. The van der Waals surface area contributed by atoms with Crippen LogP contribution in [0.1, 0.15) is 62.8 Å². The first-order valence-electron chi connectivity index (χ1n) is 21.6. The van der Waals surface area contributed by atoms with Crippen LogP contribution in [0.15, 0.2) is 176 Å². The number of para-hydroxylation sites is 1. The molecule has 3 aliphatic rings. The Hall–Kier alpha value is -6.58. The normalized spacial score (nSPS) is 15.2. The molecule has 2 nitrogen and oxygen atoms in total. The van der Waals surface area contributed by atoms with Crippen LogP contribution in [0.2, 0.25) is 0 Å². The Morgan fingerprint density at radius 3 is 1.83 bits per heavy atom. The van der Waals surface area contributed by atoms with E-state index >= 15 is 0 Å². The zero-order valence-electron chi connectivity index (χ0n) is 34.9. The predicted octanol–water partition coefficient (Wildman–Crippen LogP) is 13.8. The van der Waals surface area contributed by atoms with Gasteiger partial charge in [0.15, 0.2) is 7.28 Å². The Morgan fingerprint density at radius 1 is 0.500 bits per heavy atom. The topological polar surface area (TPSA) is 15.3 Å². The Labute approximate surface area is 355 Å². The van der Waals surface area contributed by atoms with Gasteiger partial charge >= 0.3 is 0 Å². The SMILES string of the molecule is CC1(C)CCCc2cc3c(cc21)C(C)(C)c1cccc2c1N3c1cc(-c3ccccc3)cc(-c3ccc(-c4ccccc4)cc3Nc3ccc(-c4ccccc4)cc3)c1[B]2. The fraction of sp³-hybridized carbons (Fsp3) is 0.158. The molecule has 0 saturated heterocycles. The van der Waals surface area contributed by atoms with Crippen LogP contribution < -0.4 is 21.1 Å². The molecule has 1 N–H and O–H groups in total. The molecule has 0 saturated carbocycles. The lowest BCUT2D eigenvalue weighted by molar-refractivity contribution is 0.430. The average molecular weight is 772 g/mol. The maximum Gasteiger partial charge on any atom is 0.197 e. The second kappa shape index (κ2) is 14.0. The number of hydrogen-bond donors (Lipinski definition) is 1. The van der Waals surface area contributed by atoms with Gasteiger partial charge in [-0.25, -0.2) is 0 Å².